The lowest BCUT2D eigenvalue weighted by atomic mass is 9.92. The van der Waals surface area contributed by atoms with Crippen molar-refractivity contribution in [3.05, 3.63) is 73.4 Å². The van der Waals surface area contributed by atoms with Crippen LogP contribution in [0.3, 0.4) is 0 Å². The molecule has 0 fully saturated rings. The van der Waals surface area contributed by atoms with Gasteiger partial charge in [-0.05, 0) is 56.8 Å². The number of aromatic nitrogens is 4. The van der Waals surface area contributed by atoms with Gasteiger partial charge in [0.15, 0.2) is 0 Å². The third-order valence-corrected chi connectivity index (χ3v) is 7.89. The highest BCUT2D eigenvalue weighted by molar-refractivity contribution is 7.18. The smallest absolute Gasteiger partial charge is 0.262 e. The highest BCUT2D eigenvalue weighted by Gasteiger charge is 2.28. The van der Waals surface area contributed by atoms with E-state index in [1.54, 1.807) is 22.2 Å². The van der Waals surface area contributed by atoms with Crippen LogP contribution in [0.25, 0.3) is 10.2 Å². The van der Waals surface area contributed by atoms with Gasteiger partial charge in [-0.25, -0.2) is 9.61 Å². The van der Waals surface area contributed by atoms with Gasteiger partial charge in [-0.15, -0.1) is 11.3 Å². The normalized spacial score (nSPS) is 16.1. The fourth-order valence-corrected chi connectivity index (χ4v) is 5.90. The van der Waals surface area contributed by atoms with E-state index in [4.69, 9.17) is 16.2 Å². The Kier molecular flexibility index (Phi) is 5.84. The molecule has 1 aromatic carbocycles. The number of halogens is 1. The molecule has 0 spiro atoms. The van der Waals surface area contributed by atoms with Crippen molar-refractivity contribution < 1.29 is 4.63 Å². The molecule has 1 atom stereocenters. The maximum Gasteiger partial charge on any atom is 0.262 e. The number of hydrogen-bond acceptors (Lipinski definition) is 7. The van der Waals surface area contributed by atoms with E-state index in [0.29, 0.717) is 25.6 Å². The molecular formula is C23H24ClN5O2S. The van der Waals surface area contributed by atoms with Crippen molar-refractivity contribution in [1.82, 2.24) is 24.8 Å². The second kappa shape index (κ2) is 8.77. The molecule has 3 aromatic heterocycles. The number of likely N-dealkylation sites (N-methyl/N-ethyl adjacent to an activating group) is 1. The van der Waals surface area contributed by atoms with Gasteiger partial charge >= 0.3 is 0 Å². The van der Waals surface area contributed by atoms with Gasteiger partial charge in [0.2, 0.25) is 0 Å². The lowest BCUT2D eigenvalue weighted by molar-refractivity contribution is 0.207. The monoisotopic (exact) mass is 469 g/mol. The molecule has 3 heterocycles. The minimum absolute atomic E-state index is 0.0515. The van der Waals surface area contributed by atoms with Gasteiger partial charge in [-0.2, -0.15) is 0 Å². The zero-order chi connectivity index (χ0) is 22.2. The van der Waals surface area contributed by atoms with Crippen molar-refractivity contribution in [2.24, 2.45) is 0 Å². The first-order valence-electron chi connectivity index (χ1n) is 10.7. The summed E-state index contributed by atoms with van der Waals surface area (Å²) in [6.45, 7) is 3.17. The number of fused-ring (bicyclic) bond motifs is 3. The van der Waals surface area contributed by atoms with Crippen LogP contribution < -0.4 is 5.56 Å². The second-order valence-corrected chi connectivity index (χ2v) is 9.87. The molecule has 1 unspecified atom stereocenters. The third kappa shape index (κ3) is 3.98. The summed E-state index contributed by atoms with van der Waals surface area (Å²) in [6, 6.07) is 8.14. The summed E-state index contributed by atoms with van der Waals surface area (Å²) in [5.41, 5.74) is 3.97. The summed E-state index contributed by atoms with van der Waals surface area (Å²) in [6.07, 6.45) is 5.16. The van der Waals surface area contributed by atoms with Crippen LogP contribution in [0.5, 0.6) is 0 Å². The number of rotatable bonds is 6. The molecule has 7 nitrogen and oxygen atoms in total. The first-order valence-corrected chi connectivity index (χ1v) is 11.9. The SMILES string of the molecule is Cc1nonc1CN(C)C1CCc2c(sc3ncn(CCc4ccccc4Cl)c(=O)c23)C1. The number of thiophene rings is 1. The van der Waals surface area contributed by atoms with Gasteiger partial charge in [0.1, 0.15) is 16.2 Å². The molecule has 0 aliphatic heterocycles. The van der Waals surface area contributed by atoms with Crippen LogP contribution in [0.2, 0.25) is 5.02 Å². The topological polar surface area (TPSA) is 77.1 Å². The minimum atomic E-state index is 0.0515. The summed E-state index contributed by atoms with van der Waals surface area (Å²) < 4.78 is 6.55. The summed E-state index contributed by atoms with van der Waals surface area (Å²) in [5, 5.41) is 9.41. The maximum atomic E-state index is 13.3. The molecule has 9 heteroatoms. The Balaban J connectivity index is 1.36. The molecule has 0 amide bonds. The Morgan fingerprint density at radius 1 is 1.31 bits per heavy atom. The molecule has 0 radical (unpaired) electrons. The van der Waals surface area contributed by atoms with Crippen molar-refractivity contribution in [3.63, 3.8) is 0 Å². The fourth-order valence-electron chi connectivity index (χ4n) is 4.42. The van der Waals surface area contributed by atoms with Crippen LogP contribution in [0.4, 0.5) is 0 Å². The summed E-state index contributed by atoms with van der Waals surface area (Å²) in [7, 11) is 2.11. The number of nitrogens with zero attached hydrogens (tertiary/aromatic N) is 5. The van der Waals surface area contributed by atoms with Crippen LogP contribution in [0.15, 0.2) is 40.0 Å². The third-order valence-electron chi connectivity index (χ3n) is 6.36. The zero-order valence-corrected chi connectivity index (χ0v) is 19.6. The molecule has 166 valence electrons. The van der Waals surface area contributed by atoms with E-state index in [2.05, 4.69) is 27.2 Å². The summed E-state index contributed by atoms with van der Waals surface area (Å²) in [5.74, 6) is 0. The molecule has 4 aromatic rings. The van der Waals surface area contributed by atoms with Gasteiger partial charge in [0.05, 0.1) is 11.7 Å². The van der Waals surface area contributed by atoms with Gasteiger partial charge in [-0.3, -0.25) is 14.3 Å². The van der Waals surface area contributed by atoms with Crippen LogP contribution in [-0.2, 0) is 32.4 Å². The van der Waals surface area contributed by atoms with Crippen LogP contribution in [-0.4, -0.2) is 37.9 Å². The molecule has 5 rings (SSSR count). The van der Waals surface area contributed by atoms with Crippen LogP contribution in [0.1, 0.15) is 33.8 Å². The van der Waals surface area contributed by atoms with E-state index >= 15 is 0 Å². The average molecular weight is 470 g/mol. The molecule has 0 saturated heterocycles. The van der Waals surface area contributed by atoms with E-state index in [1.165, 1.54) is 10.4 Å². The van der Waals surface area contributed by atoms with Crippen molar-refractivity contribution in [1.29, 1.82) is 0 Å². The average Bonchev–Trinajstić information content (AvgIpc) is 3.37. The first-order chi connectivity index (χ1) is 15.5. The highest BCUT2D eigenvalue weighted by Crippen LogP contribution is 2.35. The van der Waals surface area contributed by atoms with E-state index in [1.807, 2.05) is 31.2 Å². The van der Waals surface area contributed by atoms with Gasteiger partial charge in [0.25, 0.3) is 5.56 Å². The van der Waals surface area contributed by atoms with Crippen molar-refractivity contribution in [3.8, 4) is 0 Å². The van der Waals surface area contributed by atoms with Crippen molar-refractivity contribution in [2.45, 2.75) is 51.7 Å². The van der Waals surface area contributed by atoms with Crippen molar-refractivity contribution in [2.75, 3.05) is 7.05 Å². The Bertz CT molecular complexity index is 1330. The molecule has 32 heavy (non-hydrogen) atoms. The fraction of sp³-hybridized carbons (Fsp3) is 0.391. The van der Waals surface area contributed by atoms with E-state index < -0.39 is 0 Å². The lowest BCUT2D eigenvalue weighted by Gasteiger charge is -2.30. The van der Waals surface area contributed by atoms with Crippen molar-refractivity contribution >= 4 is 33.2 Å². The number of hydrogen-bond donors (Lipinski definition) is 0. The maximum absolute atomic E-state index is 13.3. The summed E-state index contributed by atoms with van der Waals surface area (Å²) >= 11 is 7.93. The van der Waals surface area contributed by atoms with Gasteiger partial charge in [0, 0.05) is 29.0 Å². The zero-order valence-electron chi connectivity index (χ0n) is 18.0. The highest BCUT2D eigenvalue weighted by atomic mass is 35.5. The first kappa shape index (κ1) is 21.3. The predicted octanol–water partition coefficient (Wildman–Crippen LogP) is 4.03. The molecule has 0 N–H and O–H groups in total. The minimum Gasteiger partial charge on any atom is -0.298 e. The second-order valence-electron chi connectivity index (χ2n) is 8.38. The molecule has 1 aliphatic rings. The van der Waals surface area contributed by atoms with Crippen LogP contribution in [0, 0.1) is 6.92 Å². The number of benzene rings is 1. The summed E-state index contributed by atoms with van der Waals surface area (Å²) in [4.78, 5) is 22.3. The lowest BCUT2D eigenvalue weighted by Crippen LogP contribution is -2.36. The Morgan fingerprint density at radius 2 is 2.16 bits per heavy atom. The van der Waals surface area contributed by atoms with Gasteiger partial charge < -0.3 is 0 Å². The Labute approximate surface area is 194 Å². The predicted molar refractivity (Wildman–Crippen MR) is 125 cm³/mol. The molecular weight excluding hydrogens is 446 g/mol. The Morgan fingerprint density at radius 3 is 2.94 bits per heavy atom. The molecule has 0 bridgehead atoms. The van der Waals surface area contributed by atoms with E-state index in [0.717, 1.165) is 51.5 Å². The molecule has 0 saturated carbocycles. The van der Waals surface area contributed by atoms with E-state index in [-0.39, 0.29) is 5.56 Å². The quantitative estimate of drug-likeness (QED) is 0.424. The standard InChI is InChI=1S/C23H24ClN5O2S/c1-14-19(27-31-26-14)12-28(2)16-7-8-17-20(11-16)32-22-21(17)23(30)29(13-25-22)10-9-15-5-3-4-6-18(15)24/h3-6,13,16H,7-12H2,1-2H3. The largest absolute Gasteiger partial charge is 0.298 e. The Hall–Kier alpha value is -2.55. The molecule has 1 aliphatic carbocycles. The van der Waals surface area contributed by atoms with Gasteiger partial charge in [-0.1, -0.05) is 40.1 Å². The van der Waals surface area contributed by atoms with Crippen LogP contribution >= 0.6 is 22.9 Å². The number of aryl methyl sites for hydroxylation is 4. The van der Waals surface area contributed by atoms with E-state index in [9.17, 15) is 4.79 Å².